The van der Waals surface area contributed by atoms with Crippen molar-refractivity contribution >= 4 is 63.0 Å². The van der Waals surface area contributed by atoms with E-state index < -0.39 is 54.6 Å². The summed E-state index contributed by atoms with van der Waals surface area (Å²) in [6.07, 6.45) is 0. The number of benzene rings is 6. The van der Waals surface area contributed by atoms with Gasteiger partial charge in [-0.15, -0.1) is 0 Å². The predicted molar refractivity (Wildman–Crippen MR) is 184 cm³/mol. The molecule has 12 heteroatoms. The first-order chi connectivity index (χ1) is 23.3. The minimum Gasteiger partial charge on any atom is -0.423 e. The Kier molecular flexibility index (Phi) is 9.01. The highest BCUT2D eigenvalue weighted by atomic mass is 28.4. The fraction of sp³-hybridized carbons (Fsp3) is 0. The first kappa shape index (κ1) is 32.0. The molecule has 0 spiro atoms. The number of halogens is 4. The zero-order valence-electron chi connectivity index (χ0n) is 25.3. The van der Waals surface area contributed by atoms with Crippen molar-refractivity contribution in [2.45, 2.75) is 0 Å². The van der Waals surface area contributed by atoms with Crippen LogP contribution in [0.25, 0.3) is 0 Å². The second kappa shape index (κ2) is 13.5. The molecular formula is C36H26B2F4O4Si2. The third-order valence-corrected chi connectivity index (χ3v) is 14.6. The molecule has 0 saturated carbocycles. The summed E-state index contributed by atoms with van der Waals surface area (Å²) < 4.78 is 88.1. The average molecular weight is 676 g/mol. The monoisotopic (exact) mass is 676 g/mol. The molecule has 0 amide bonds. The van der Waals surface area contributed by atoms with Crippen LogP contribution in [0.1, 0.15) is 0 Å². The van der Waals surface area contributed by atoms with Crippen molar-refractivity contribution in [3.63, 3.8) is 0 Å². The normalized spacial score (nSPS) is 15.8. The van der Waals surface area contributed by atoms with Crippen LogP contribution in [-0.2, 0) is 17.4 Å². The lowest BCUT2D eigenvalue weighted by Crippen LogP contribution is -2.78. The second-order valence-electron chi connectivity index (χ2n) is 11.2. The molecule has 48 heavy (non-hydrogen) atoms. The maximum absolute atomic E-state index is 14.9. The molecule has 4 nitrogen and oxygen atoms in total. The van der Waals surface area contributed by atoms with E-state index >= 15 is 0 Å². The van der Waals surface area contributed by atoms with Crippen molar-refractivity contribution in [1.82, 2.24) is 0 Å². The molecule has 1 aliphatic rings. The fourth-order valence-corrected chi connectivity index (χ4v) is 12.4. The smallest absolute Gasteiger partial charge is 0.423 e. The van der Waals surface area contributed by atoms with Gasteiger partial charge in [0, 0.05) is 12.1 Å². The van der Waals surface area contributed by atoms with Gasteiger partial charge in [0.1, 0.15) is 23.3 Å². The van der Waals surface area contributed by atoms with Crippen molar-refractivity contribution in [1.29, 1.82) is 0 Å². The van der Waals surface area contributed by atoms with E-state index in [-0.39, 0.29) is 10.9 Å². The van der Waals surface area contributed by atoms with E-state index in [4.69, 9.17) is 17.4 Å². The minimum atomic E-state index is -4.06. The van der Waals surface area contributed by atoms with Gasteiger partial charge in [-0.05, 0) is 55.9 Å². The van der Waals surface area contributed by atoms with E-state index in [1.807, 2.05) is 72.8 Å². The van der Waals surface area contributed by atoms with Crippen molar-refractivity contribution in [2.75, 3.05) is 0 Å². The molecule has 236 valence electrons. The Morgan fingerprint density at radius 1 is 0.333 bits per heavy atom. The topological polar surface area (TPSA) is 36.9 Å². The van der Waals surface area contributed by atoms with Crippen LogP contribution in [0.2, 0.25) is 0 Å². The molecule has 0 radical (unpaired) electrons. The zero-order valence-corrected chi connectivity index (χ0v) is 27.3. The molecular weight excluding hydrogens is 650 g/mol. The molecule has 0 unspecified atom stereocenters. The molecule has 0 aliphatic carbocycles. The van der Waals surface area contributed by atoms with Crippen molar-refractivity contribution in [3.05, 3.63) is 181 Å². The zero-order chi connectivity index (χ0) is 33.1. The molecule has 0 bridgehead atoms. The van der Waals surface area contributed by atoms with E-state index in [1.54, 1.807) is 48.5 Å². The Hall–Kier alpha value is -4.56. The molecule has 6 aromatic rings. The number of hydrogen-bond acceptors (Lipinski definition) is 4. The maximum atomic E-state index is 14.9. The SMILES string of the molecule is Fc1cc(F)cc(B2O[Si](c3ccccc3)(c3ccccc3)OB(c3cc(F)cc(F)c3)O[Si](c3ccccc3)(c3ccccc3)O2)c1. The van der Waals surface area contributed by atoms with Crippen LogP contribution in [0.5, 0.6) is 0 Å². The third-order valence-electron chi connectivity index (χ3n) is 8.02. The van der Waals surface area contributed by atoms with E-state index in [1.165, 1.54) is 0 Å². The van der Waals surface area contributed by atoms with Crippen molar-refractivity contribution < 1.29 is 34.9 Å². The molecule has 1 aliphatic heterocycles. The van der Waals surface area contributed by atoms with E-state index in [0.29, 0.717) is 20.7 Å². The maximum Gasteiger partial charge on any atom is 0.476 e. The molecule has 1 fully saturated rings. The summed E-state index contributed by atoms with van der Waals surface area (Å²) in [7, 11) is -11.0. The molecule has 1 saturated heterocycles. The van der Waals surface area contributed by atoms with Crippen LogP contribution < -0.4 is 31.7 Å². The van der Waals surface area contributed by atoms with Crippen molar-refractivity contribution in [2.24, 2.45) is 0 Å². The van der Waals surface area contributed by atoms with Gasteiger partial charge in [-0.3, -0.25) is 0 Å². The molecule has 7 rings (SSSR count). The summed E-state index contributed by atoms with van der Waals surface area (Å²) in [5.41, 5.74) is 0.116. The van der Waals surface area contributed by atoms with Gasteiger partial charge in [0.15, 0.2) is 0 Å². The highest BCUT2D eigenvalue weighted by molar-refractivity contribution is 7.06. The summed E-state index contributed by atoms with van der Waals surface area (Å²) >= 11 is 0. The van der Waals surface area contributed by atoms with Gasteiger partial charge < -0.3 is 17.4 Å². The molecule has 6 aromatic carbocycles. The first-order valence-corrected chi connectivity index (χ1v) is 18.8. The van der Waals surface area contributed by atoms with Gasteiger partial charge >= 0.3 is 31.4 Å². The largest absolute Gasteiger partial charge is 0.476 e. The second-order valence-corrected chi connectivity index (χ2v) is 17.0. The van der Waals surface area contributed by atoms with E-state index in [0.717, 1.165) is 36.4 Å². The van der Waals surface area contributed by atoms with Gasteiger partial charge in [0.2, 0.25) is 0 Å². The Labute approximate surface area is 278 Å². The third kappa shape index (κ3) is 6.34. The summed E-state index contributed by atoms with van der Waals surface area (Å²) in [6, 6.07) is 42.4. The van der Waals surface area contributed by atoms with Gasteiger partial charge in [0.25, 0.3) is 0 Å². The van der Waals surface area contributed by atoms with E-state index in [9.17, 15) is 17.6 Å². The van der Waals surface area contributed by atoms with Crippen LogP contribution >= 0.6 is 0 Å². The predicted octanol–water partition coefficient (Wildman–Crippen LogP) is 3.93. The minimum absolute atomic E-state index is 0.0578. The molecule has 0 atom stereocenters. The summed E-state index contributed by atoms with van der Waals surface area (Å²) in [6.45, 7) is 0. The number of hydrogen-bond donors (Lipinski definition) is 0. The van der Waals surface area contributed by atoms with Crippen molar-refractivity contribution in [3.8, 4) is 0 Å². The van der Waals surface area contributed by atoms with Crippen LogP contribution in [0.3, 0.4) is 0 Å². The lowest BCUT2D eigenvalue weighted by atomic mass is 9.80. The Morgan fingerprint density at radius 3 is 0.792 bits per heavy atom. The van der Waals surface area contributed by atoms with Crippen LogP contribution in [-0.4, -0.2) is 31.4 Å². The highest BCUT2D eigenvalue weighted by Gasteiger charge is 2.58. The van der Waals surface area contributed by atoms with Gasteiger partial charge in [-0.2, -0.15) is 0 Å². The van der Waals surface area contributed by atoms with Crippen LogP contribution in [0, 0.1) is 23.3 Å². The highest BCUT2D eigenvalue weighted by Crippen LogP contribution is 2.24. The Balaban J connectivity index is 1.55. The summed E-state index contributed by atoms with van der Waals surface area (Å²) in [5.74, 6) is -3.31. The van der Waals surface area contributed by atoms with E-state index in [2.05, 4.69) is 0 Å². The molecule has 0 N–H and O–H groups in total. The lowest BCUT2D eigenvalue weighted by molar-refractivity contribution is 0.288. The van der Waals surface area contributed by atoms with Crippen LogP contribution in [0.15, 0.2) is 158 Å². The van der Waals surface area contributed by atoms with Gasteiger partial charge in [-0.1, -0.05) is 121 Å². The quantitative estimate of drug-likeness (QED) is 0.198. The first-order valence-electron chi connectivity index (χ1n) is 15.2. The molecule has 1 heterocycles. The standard InChI is InChI=1S/C36H26B2F4O4Si2/c39-29-21-27(22-30(40)25-29)37-43-47(33-13-5-1-6-14-33,34-15-7-2-8-16-34)44-38(28-23-31(41)26-32(42)24-28)46-48(45-37,35-17-9-3-10-18-35)36-19-11-4-12-20-36/h1-26H. The number of rotatable bonds is 6. The fourth-order valence-electron chi connectivity index (χ4n) is 5.91. The average Bonchev–Trinajstić information content (AvgIpc) is 3.09. The Bertz CT molecular complexity index is 1730. The van der Waals surface area contributed by atoms with Gasteiger partial charge in [-0.25, -0.2) is 17.6 Å². The van der Waals surface area contributed by atoms with Crippen LogP contribution in [0.4, 0.5) is 17.6 Å². The summed E-state index contributed by atoms with van der Waals surface area (Å²) in [4.78, 5) is 0. The molecule has 0 aromatic heterocycles. The Morgan fingerprint density at radius 2 is 0.562 bits per heavy atom. The lowest BCUT2D eigenvalue weighted by Gasteiger charge is -2.44. The summed E-state index contributed by atoms with van der Waals surface area (Å²) in [5, 5.41) is 2.39. The van der Waals surface area contributed by atoms with Gasteiger partial charge in [0.05, 0.1) is 0 Å².